The van der Waals surface area contributed by atoms with E-state index in [2.05, 4.69) is 43.5 Å². The summed E-state index contributed by atoms with van der Waals surface area (Å²) in [6.45, 7) is 3.73. The van der Waals surface area contributed by atoms with E-state index < -0.39 is 49.5 Å². The number of hydrogen-bond acceptors (Lipinski definition) is 8. The minimum absolute atomic E-state index is 0.204. The normalized spacial score (nSPS) is 21.6. The molecule has 1 rings (SSSR count). The molecule has 322 valence electrons. The molecule has 1 aliphatic rings. The van der Waals surface area contributed by atoms with Crippen LogP contribution in [0.3, 0.4) is 0 Å². The first-order valence-electron chi connectivity index (χ1n) is 22.7. The predicted molar refractivity (Wildman–Crippen MR) is 226 cm³/mol. The van der Waals surface area contributed by atoms with E-state index >= 15 is 0 Å². The maximum absolute atomic E-state index is 12.9. The van der Waals surface area contributed by atoms with Crippen LogP contribution in [0.4, 0.5) is 0 Å². The first-order valence-corrected chi connectivity index (χ1v) is 22.7. The molecular formula is C46H85NO8. The van der Waals surface area contributed by atoms with Crippen LogP contribution in [0.15, 0.2) is 36.5 Å². The van der Waals surface area contributed by atoms with Gasteiger partial charge in [0.2, 0.25) is 5.91 Å². The molecule has 0 saturated carbocycles. The third kappa shape index (κ3) is 27.6. The Hall–Kier alpha value is -1.59. The van der Waals surface area contributed by atoms with Gasteiger partial charge in [0.1, 0.15) is 24.4 Å². The number of ether oxygens (including phenoxy) is 2. The van der Waals surface area contributed by atoms with E-state index in [0.717, 1.165) is 51.4 Å². The maximum Gasteiger partial charge on any atom is 0.220 e. The lowest BCUT2D eigenvalue weighted by molar-refractivity contribution is -0.302. The van der Waals surface area contributed by atoms with E-state index in [1.54, 1.807) is 6.08 Å². The standard InChI is InChI=1S/C46H85NO8/c1-3-5-7-9-11-13-15-17-18-19-20-21-22-24-25-27-29-31-33-35-40(49)39(38-54-46-45(53)44(52)43(51)41(37-48)55-46)47-42(50)36-34-32-30-28-26-23-16-14-12-10-8-6-4-2/h23,25-27,33,35,39-41,43-46,48-49,51-53H,3-22,24,28-32,34,36-38H2,1-2H3,(H,47,50)/b26-23-,27-25+,35-33+. The molecule has 0 aromatic rings. The van der Waals surface area contributed by atoms with Crippen LogP contribution in [-0.2, 0) is 14.3 Å². The molecule has 1 amide bonds. The SMILES string of the molecule is CCCCCCCC/C=C\CCCCCC(=O)NC(COC1OC(CO)C(O)C(O)C1O)C(O)/C=C/CC/C=C/CCCCCCCCCCCCCCC. The van der Waals surface area contributed by atoms with Gasteiger partial charge in [-0.2, -0.15) is 0 Å². The average Bonchev–Trinajstić information content (AvgIpc) is 3.18. The van der Waals surface area contributed by atoms with Gasteiger partial charge >= 0.3 is 0 Å². The number of unbranched alkanes of at least 4 members (excludes halogenated alkanes) is 23. The highest BCUT2D eigenvalue weighted by atomic mass is 16.7. The van der Waals surface area contributed by atoms with Crippen LogP contribution in [0.5, 0.6) is 0 Å². The number of rotatable bonds is 37. The molecule has 1 saturated heterocycles. The number of nitrogens with one attached hydrogen (secondary N) is 1. The number of amides is 1. The number of aliphatic hydroxyl groups is 5. The van der Waals surface area contributed by atoms with Gasteiger partial charge in [-0.25, -0.2) is 0 Å². The van der Waals surface area contributed by atoms with Gasteiger partial charge in [-0.15, -0.1) is 0 Å². The van der Waals surface area contributed by atoms with Gasteiger partial charge in [-0.1, -0.05) is 166 Å². The molecule has 55 heavy (non-hydrogen) atoms. The fraction of sp³-hybridized carbons (Fsp3) is 0.848. The van der Waals surface area contributed by atoms with Gasteiger partial charge in [0.15, 0.2) is 6.29 Å². The zero-order valence-corrected chi connectivity index (χ0v) is 35.2. The molecule has 9 heteroatoms. The van der Waals surface area contributed by atoms with Crippen molar-refractivity contribution in [2.75, 3.05) is 13.2 Å². The second-order valence-corrected chi connectivity index (χ2v) is 15.8. The Morgan fingerprint density at radius 1 is 0.600 bits per heavy atom. The predicted octanol–water partition coefficient (Wildman–Crippen LogP) is 9.28. The van der Waals surface area contributed by atoms with Crippen LogP contribution in [0.25, 0.3) is 0 Å². The summed E-state index contributed by atoms with van der Waals surface area (Å²) in [5, 5.41) is 54.1. The topological polar surface area (TPSA) is 149 Å². The first-order chi connectivity index (χ1) is 26.8. The highest BCUT2D eigenvalue weighted by molar-refractivity contribution is 5.76. The second-order valence-electron chi connectivity index (χ2n) is 15.8. The van der Waals surface area contributed by atoms with Crippen LogP contribution in [0.1, 0.15) is 194 Å². The van der Waals surface area contributed by atoms with Gasteiger partial charge in [0.05, 0.1) is 25.4 Å². The van der Waals surface area contributed by atoms with Crippen molar-refractivity contribution in [3.8, 4) is 0 Å². The lowest BCUT2D eigenvalue weighted by Gasteiger charge is -2.40. The van der Waals surface area contributed by atoms with E-state index in [9.17, 15) is 30.3 Å². The molecule has 0 spiro atoms. The Bertz CT molecular complexity index is 956. The fourth-order valence-corrected chi connectivity index (χ4v) is 6.99. The van der Waals surface area contributed by atoms with Crippen molar-refractivity contribution in [1.29, 1.82) is 0 Å². The zero-order valence-electron chi connectivity index (χ0n) is 35.2. The van der Waals surface area contributed by atoms with Gasteiger partial charge in [-0.3, -0.25) is 4.79 Å². The van der Waals surface area contributed by atoms with Crippen molar-refractivity contribution in [3.05, 3.63) is 36.5 Å². The number of carbonyl (C=O) groups excluding carboxylic acids is 1. The van der Waals surface area contributed by atoms with E-state index in [1.165, 1.54) is 122 Å². The Morgan fingerprint density at radius 2 is 1.04 bits per heavy atom. The summed E-state index contributed by atoms with van der Waals surface area (Å²) in [4.78, 5) is 12.9. The Balaban J connectivity index is 2.40. The van der Waals surface area contributed by atoms with Crippen molar-refractivity contribution in [2.24, 2.45) is 0 Å². The van der Waals surface area contributed by atoms with E-state index in [1.807, 2.05) is 6.08 Å². The smallest absolute Gasteiger partial charge is 0.220 e. The van der Waals surface area contributed by atoms with Gasteiger partial charge in [0, 0.05) is 6.42 Å². The van der Waals surface area contributed by atoms with Crippen molar-refractivity contribution in [2.45, 2.75) is 236 Å². The molecule has 7 atom stereocenters. The van der Waals surface area contributed by atoms with Crippen LogP contribution in [0.2, 0.25) is 0 Å². The molecule has 7 unspecified atom stereocenters. The molecule has 0 aliphatic carbocycles. The largest absolute Gasteiger partial charge is 0.394 e. The molecule has 9 nitrogen and oxygen atoms in total. The summed E-state index contributed by atoms with van der Waals surface area (Å²) in [7, 11) is 0. The molecular weight excluding hydrogens is 695 g/mol. The lowest BCUT2D eigenvalue weighted by Crippen LogP contribution is -2.60. The molecule has 1 heterocycles. The van der Waals surface area contributed by atoms with Crippen LogP contribution in [-0.4, -0.2) is 87.5 Å². The Kier molecular flexibility index (Phi) is 34.3. The third-order valence-electron chi connectivity index (χ3n) is 10.7. The highest BCUT2D eigenvalue weighted by Gasteiger charge is 2.44. The van der Waals surface area contributed by atoms with Crippen molar-refractivity contribution in [3.63, 3.8) is 0 Å². The fourth-order valence-electron chi connectivity index (χ4n) is 6.99. The molecule has 6 N–H and O–H groups in total. The summed E-state index contributed by atoms with van der Waals surface area (Å²) >= 11 is 0. The van der Waals surface area contributed by atoms with Crippen LogP contribution < -0.4 is 5.32 Å². The monoisotopic (exact) mass is 780 g/mol. The Labute approximate surface area is 336 Å². The quantitative estimate of drug-likeness (QED) is 0.0270. The molecule has 0 aromatic heterocycles. The summed E-state index contributed by atoms with van der Waals surface area (Å²) in [6.07, 6.45) is 37.6. The number of allylic oxidation sites excluding steroid dienone is 5. The summed E-state index contributed by atoms with van der Waals surface area (Å²) in [6, 6.07) is -0.827. The lowest BCUT2D eigenvalue weighted by atomic mass is 9.99. The number of carbonyl (C=O) groups is 1. The van der Waals surface area contributed by atoms with Crippen molar-refractivity contribution >= 4 is 5.91 Å². The minimum atomic E-state index is -1.57. The van der Waals surface area contributed by atoms with Gasteiger partial charge < -0.3 is 40.3 Å². The average molecular weight is 780 g/mol. The molecule has 0 aromatic carbocycles. The summed E-state index contributed by atoms with van der Waals surface area (Å²) in [5.74, 6) is -0.204. The number of aliphatic hydroxyl groups excluding tert-OH is 5. The van der Waals surface area contributed by atoms with Gasteiger partial charge in [-0.05, 0) is 57.8 Å². The van der Waals surface area contributed by atoms with Crippen molar-refractivity contribution < 1.29 is 39.8 Å². The molecule has 1 fully saturated rings. The molecule has 1 aliphatic heterocycles. The second kappa shape index (κ2) is 36.7. The molecule has 0 radical (unpaired) electrons. The number of hydrogen-bond donors (Lipinski definition) is 6. The van der Waals surface area contributed by atoms with E-state index in [-0.39, 0.29) is 12.5 Å². The van der Waals surface area contributed by atoms with Crippen LogP contribution in [0, 0.1) is 0 Å². The maximum atomic E-state index is 12.9. The van der Waals surface area contributed by atoms with Gasteiger partial charge in [0.25, 0.3) is 0 Å². The Morgan fingerprint density at radius 3 is 1.53 bits per heavy atom. The van der Waals surface area contributed by atoms with E-state index in [4.69, 9.17) is 9.47 Å². The third-order valence-corrected chi connectivity index (χ3v) is 10.7. The van der Waals surface area contributed by atoms with Crippen molar-refractivity contribution in [1.82, 2.24) is 5.32 Å². The van der Waals surface area contributed by atoms with E-state index in [0.29, 0.717) is 6.42 Å². The first kappa shape index (κ1) is 51.4. The summed E-state index contributed by atoms with van der Waals surface area (Å²) < 4.78 is 11.2. The minimum Gasteiger partial charge on any atom is -0.394 e. The summed E-state index contributed by atoms with van der Waals surface area (Å²) in [5.41, 5.74) is 0. The zero-order chi connectivity index (χ0) is 40.2. The van der Waals surface area contributed by atoms with Crippen LogP contribution >= 0.6 is 0 Å². The highest BCUT2D eigenvalue weighted by Crippen LogP contribution is 2.22. The molecule has 0 bridgehead atoms.